The van der Waals surface area contributed by atoms with Crippen LogP contribution >= 0.6 is 23.2 Å². The zero-order valence-corrected chi connectivity index (χ0v) is 15.6. The molecule has 1 atom stereocenters. The molecule has 26 heavy (non-hydrogen) atoms. The molecule has 1 aromatic heterocycles. The second-order valence-corrected chi connectivity index (χ2v) is 6.78. The number of halogens is 2. The van der Waals surface area contributed by atoms with E-state index in [0.29, 0.717) is 28.9 Å². The molecule has 1 N–H and O–H groups in total. The van der Waals surface area contributed by atoms with Crippen molar-refractivity contribution in [2.24, 2.45) is 0 Å². The number of rotatable bonds is 6. The molecule has 1 amide bonds. The second kappa shape index (κ2) is 8.34. The fourth-order valence-electron chi connectivity index (χ4n) is 2.47. The van der Waals surface area contributed by atoms with Crippen LogP contribution in [-0.2, 0) is 6.42 Å². The van der Waals surface area contributed by atoms with E-state index >= 15 is 0 Å². The molecule has 0 aliphatic heterocycles. The molecule has 2 aromatic carbocycles. The lowest BCUT2D eigenvalue weighted by atomic mass is 10.0. The number of aromatic nitrogens is 2. The molecule has 0 spiro atoms. The van der Waals surface area contributed by atoms with Gasteiger partial charge in [-0.3, -0.25) is 4.79 Å². The number of hydrogen-bond donors (Lipinski definition) is 1. The first-order valence-electron chi connectivity index (χ1n) is 8.12. The number of nitrogens with zero attached hydrogens (tertiary/aromatic N) is 2. The maximum atomic E-state index is 12.2. The van der Waals surface area contributed by atoms with Gasteiger partial charge in [-0.2, -0.15) is 0 Å². The smallest absolute Gasteiger partial charge is 0.308 e. The summed E-state index contributed by atoms with van der Waals surface area (Å²) in [6.07, 6.45) is 0.330. The van der Waals surface area contributed by atoms with Crippen LogP contribution in [0.4, 0.5) is 0 Å². The molecule has 134 valence electrons. The highest BCUT2D eigenvalue weighted by Crippen LogP contribution is 2.23. The van der Waals surface area contributed by atoms with E-state index < -0.39 is 5.91 Å². The average molecular weight is 390 g/mol. The molecule has 0 bridgehead atoms. The maximum absolute atomic E-state index is 12.2. The van der Waals surface area contributed by atoms with Crippen LogP contribution in [0.1, 0.15) is 40.5 Å². The molecule has 3 aromatic rings. The first kappa shape index (κ1) is 18.4. The van der Waals surface area contributed by atoms with Crippen LogP contribution in [0.15, 0.2) is 52.9 Å². The van der Waals surface area contributed by atoms with Crippen molar-refractivity contribution in [1.82, 2.24) is 15.5 Å². The van der Waals surface area contributed by atoms with E-state index in [1.54, 1.807) is 18.2 Å². The monoisotopic (exact) mass is 389 g/mol. The van der Waals surface area contributed by atoms with E-state index in [2.05, 4.69) is 15.5 Å². The van der Waals surface area contributed by atoms with Gasteiger partial charge in [0.2, 0.25) is 5.89 Å². The summed E-state index contributed by atoms with van der Waals surface area (Å²) >= 11 is 12.0. The van der Waals surface area contributed by atoms with Gasteiger partial charge in [-0.1, -0.05) is 66.5 Å². The Morgan fingerprint density at radius 3 is 2.65 bits per heavy atom. The van der Waals surface area contributed by atoms with Crippen LogP contribution in [-0.4, -0.2) is 22.6 Å². The van der Waals surface area contributed by atoms with Gasteiger partial charge in [-0.05, 0) is 29.2 Å². The SMILES string of the molecule is C[C@H](CNC(=O)c1nnc(Cc2ccc(Cl)cc2Cl)o1)c1ccccc1. The van der Waals surface area contributed by atoms with Crippen LogP contribution in [0.2, 0.25) is 10.0 Å². The number of benzene rings is 2. The zero-order chi connectivity index (χ0) is 18.5. The van der Waals surface area contributed by atoms with E-state index in [4.69, 9.17) is 27.6 Å². The van der Waals surface area contributed by atoms with E-state index in [1.165, 1.54) is 0 Å². The standard InChI is InChI=1S/C19H17Cl2N3O2/c1-12(13-5-3-2-4-6-13)11-22-18(25)19-24-23-17(26-19)9-14-7-8-15(20)10-16(14)21/h2-8,10,12H,9,11H2,1H3,(H,22,25)/t12-/m1/s1. The summed E-state index contributed by atoms with van der Waals surface area (Å²) in [4.78, 5) is 12.2. The van der Waals surface area contributed by atoms with Crippen molar-refractivity contribution in [1.29, 1.82) is 0 Å². The molecule has 5 nitrogen and oxygen atoms in total. The molecule has 0 unspecified atom stereocenters. The van der Waals surface area contributed by atoms with Crippen molar-refractivity contribution in [2.75, 3.05) is 6.54 Å². The Hall–Kier alpha value is -2.37. The number of carbonyl (C=O) groups excluding carboxylic acids is 1. The molecule has 0 fully saturated rings. The van der Waals surface area contributed by atoms with E-state index in [-0.39, 0.29) is 11.8 Å². The van der Waals surface area contributed by atoms with E-state index in [0.717, 1.165) is 11.1 Å². The number of nitrogens with one attached hydrogen (secondary N) is 1. The quantitative estimate of drug-likeness (QED) is 0.673. The predicted molar refractivity (Wildman–Crippen MR) is 101 cm³/mol. The van der Waals surface area contributed by atoms with Crippen molar-refractivity contribution in [3.63, 3.8) is 0 Å². The van der Waals surface area contributed by atoms with E-state index in [1.807, 2.05) is 37.3 Å². The summed E-state index contributed by atoms with van der Waals surface area (Å²) in [6, 6.07) is 15.1. The van der Waals surface area contributed by atoms with Gasteiger partial charge in [0.25, 0.3) is 0 Å². The lowest BCUT2D eigenvalue weighted by Gasteiger charge is -2.11. The topological polar surface area (TPSA) is 68.0 Å². The Kier molecular flexibility index (Phi) is 5.91. The van der Waals surface area contributed by atoms with Gasteiger partial charge in [0.15, 0.2) is 0 Å². The molecular formula is C19H17Cl2N3O2. The summed E-state index contributed by atoms with van der Waals surface area (Å²) in [5.74, 6) is 0.0324. The van der Waals surface area contributed by atoms with Gasteiger partial charge >= 0.3 is 11.8 Å². The summed E-state index contributed by atoms with van der Waals surface area (Å²) in [7, 11) is 0. The van der Waals surface area contributed by atoms with Gasteiger partial charge in [-0.25, -0.2) is 0 Å². The Morgan fingerprint density at radius 1 is 1.15 bits per heavy atom. The van der Waals surface area contributed by atoms with Gasteiger partial charge in [-0.15, -0.1) is 10.2 Å². The number of hydrogen-bond acceptors (Lipinski definition) is 4. The first-order valence-corrected chi connectivity index (χ1v) is 8.88. The highest BCUT2D eigenvalue weighted by molar-refractivity contribution is 6.35. The molecule has 0 aliphatic carbocycles. The van der Waals surface area contributed by atoms with Gasteiger partial charge in [0.1, 0.15) is 0 Å². The van der Waals surface area contributed by atoms with Crippen LogP contribution in [0.5, 0.6) is 0 Å². The van der Waals surface area contributed by atoms with Crippen LogP contribution < -0.4 is 5.32 Å². The first-order chi connectivity index (χ1) is 12.5. The largest absolute Gasteiger partial charge is 0.417 e. The van der Waals surface area contributed by atoms with Gasteiger partial charge < -0.3 is 9.73 Å². The second-order valence-electron chi connectivity index (χ2n) is 5.94. The summed E-state index contributed by atoms with van der Waals surface area (Å²) < 4.78 is 5.45. The van der Waals surface area contributed by atoms with Crippen molar-refractivity contribution in [3.05, 3.63) is 81.5 Å². The zero-order valence-electron chi connectivity index (χ0n) is 14.1. The normalized spacial score (nSPS) is 12.0. The average Bonchev–Trinajstić information content (AvgIpc) is 3.11. The predicted octanol–water partition coefficient (Wildman–Crippen LogP) is 4.50. The van der Waals surface area contributed by atoms with Crippen LogP contribution in [0, 0.1) is 0 Å². The minimum atomic E-state index is -0.395. The summed E-state index contributed by atoms with van der Waals surface area (Å²) in [6.45, 7) is 2.51. The fraction of sp³-hybridized carbons (Fsp3) is 0.211. The molecule has 0 saturated carbocycles. The Labute approximate surface area is 161 Å². The highest BCUT2D eigenvalue weighted by Gasteiger charge is 2.17. The minimum Gasteiger partial charge on any atom is -0.417 e. The molecule has 0 saturated heterocycles. The van der Waals surface area contributed by atoms with Crippen LogP contribution in [0.3, 0.4) is 0 Å². The summed E-state index contributed by atoms with van der Waals surface area (Å²) in [5.41, 5.74) is 1.95. The lowest BCUT2D eigenvalue weighted by molar-refractivity contribution is 0.0915. The Bertz CT molecular complexity index is 897. The summed E-state index contributed by atoms with van der Waals surface area (Å²) in [5, 5.41) is 11.6. The van der Waals surface area contributed by atoms with Crippen molar-refractivity contribution in [3.8, 4) is 0 Å². The molecule has 1 heterocycles. The molecular weight excluding hydrogens is 373 g/mol. The Morgan fingerprint density at radius 2 is 1.92 bits per heavy atom. The number of carbonyl (C=O) groups is 1. The number of amides is 1. The third-order valence-electron chi connectivity index (χ3n) is 3.96. The highest BCUT2D eigenvalue weighted by atomic mass is 35.5. The van der Waals surface area contributed by atoms with Crippen molar-refractivity contribution in [2.45, 2.75) is 19.3 Å². The molecule has 0 radical (unpaired) electrons. The minimum absolute atomic E-state index is 0.0645. The molecule has 3 rings (SSSR count). The van der Waals surface area contributed by atoms with Gasteiger partial charge in [0.05, 0.1) is 6.42 Å². The van der Waals surface area contributed by atoms with Crippen LogP contribution in [0.25, 0.3) is 0 Å². The Balaban J connectivity index is 1.59. The third kappa shape index (κ3) is 4.62. The third-order valence-corrected chi connectivity index (χ3v) is 4.54. The fourth-order valence-corrected chi connectivity index (χ4v) is 2.94. The van der Waals surface area contributed by atoms with E-state index in [9.17, 15) is 4.79 Å². The lowest BCUT2D eigenvalue weighted by Crippen LogP contribution is -2.27. The van der Waals surface area contributed by atoms with Crippen molar-refractivity contribution < 1.29 is 9.21 Å². The molecule has 7 heteroatoms. The van der Waals surface area contributed by atoms with Crippen molar-refractivity contribution >= 4 is 29.1 Å². The maximum Gasteiger partial charge on any atom is 0.308 e. The van der Waals surface area contributed by atoms with Gasteiger partial charge in [0, 0.05) is 16.6 Å². The molecule has 0 aliphatic rings.